The molecule has 1 aliphatic heterocycles. The second-order valence-corrected chi connectivity index (χ2v) is 5.70. The summed E-state index contributed by atoms with van der Waals surface area (Å²) >= 11 is 1.34. The molecule has 1 aromatic rings. The average Bonchev–Trinajstić information content (AvgIpc) is 3.03. The zero-order valence-corrected chi connectivity index (χ0v) is 9.76. The van der Waals surface area contributed by atoms with Crippen LogP contribution < -0.4 is 4.90 Å². The Balaban J connectivity index is 1.79. The van der Waals surface area contributed by atoms with Crippen LogP contribution in [0.15, 0.2) is 23.7 Å². The fourth-order valence-corrected chi connectivity index (χ4v) is 4.07. The number of aromatic nitrogens is 1. The molecule has 4 atom stereocenters. The van der Waals surface area contributed by atoms with Crippen molar-refractivity contribution in [1.82, 2.24) is 4.98 Å². The zero-order valence-electron chi connectivity index (χ0n) is 8.95. The van der Waals surface area contributed by atoms with E-state index in [2.05, 4.69) is 17.1 Å². The lowest BCUT2D eigenvalue weighted by Gasteiger charge is -2.14. The topological polar surface area (TPSA) is 50.3 Å². The van der Waals surface area contributed by atoms with Gasteiger partial charge in [-0.25, -0.2) is 9.88 Å². The van der Waals surface area contributed by atoms with E-state index in [0.717, 1.165) is 6.42 Å². The van der Waals surface area contributed by atoms with Gasteiger partial charge in [0.15, 0.2) is 5.13 Å². The van der Waals surface area contributed by atoms with Crippen LogP contribution in [0.25, 0.3) is 0 Å². The predicted octanol–water partition coefficient (Wildman–Crippen LogP) is 1.45. The molecule has 17 heavy (non-hydrogen) atoms. The van der Waals surface area contributed by atoms with Gasteiger partial charge in [0.2, 0.25) is 11.8 Å². The van der Waals surface area contributed by atoms with E-state index in [4.69, 9.17) is 0 Å². The highest BCUT2D eigenvalue weighted by Crippen LogP contribution is 2.53. The maximum atomic E-state index is 12.3. The maximum Gasteiger partial charge on any atom is 0.240 e. The minimum atomic E-state index is -0.124. The van der Waals surface area contributed by atoms with E-state index in [-0.39, 0.29) is 35.5 Å². The summed E-state index contributed by atoms with van der Waals surface area (Å²) in [6.07, 6.45) is 6.80. The SMILES string of the molecule is O=C1[C@@H]2[C@@H](C(=O)N1c1nccs1)[C@H]1C=C[C@H]2C1. The molecule has 1 saturated carbocycles. The number of amides is 2. The number of anilines is 1. The molecule has 5 heteroatoms. The molecule has 0 spiro atoms. The maximum absolute atomic E-state index is 12.3. The molecule has 4 rings (SSSR count). The lowest BCUT2D eigenvalue weighted by molar-refractivity contribution is -0.123. The number of carbonyl (C=O) groups is 2. The molecule has 2 bridgehead atoms. The molecule has 1 aromatic heterocycles. The summed E-state index contributed by atoms with van der Waals surface area (Å²) in [5.74, 6) is 0.194. The first-order chi connectivity index (χ1) is 8.27. The van der Waals surface area contributed by atoms with E-state index in [1.807, 2.05) is 0 Å². The van der Waals surface area contributed by atoms with Crippen LogP contribution in [0.1, 0.15) is 6.42 Å². The van der Waals surface area contributed by atoms with Gasteiger partial charge in [-0.05, 0) is 18.3 Å². The summed E-state index contributed by atoms with van der Waals surface area (Å²) < 4.78 is 0. The summed E-state index contributed by atoms with van der Waals surface area (Å²) in [7, 11) is 0. The highest BCUT2D eigenvalue weighted by molar-refractivity contribution is 7.14. The van der Waals surface area contributed by atoms with Gasteiger partial charge in [0.05, 0.1) is 11.8 Å². The minimum absolute atomic E-state index is 0.0493. The van der Waals surface area contributed by atoms with Gasteiger partial charge in [0.25, 0.3) is 0 Å². The van der Waals surface area contributed by atoms with Gasteiger partial charge in [-0.15, -0.1) is 11.3 Å². The van der Waals surface area contributed by atoms with Crippen LogP contribution in [0.2, 0.25) is 0 Å². The highest BCUT2D eigenvalue weighted by atomic mass is 32.1. The Kier molecular flexibility index (Phi) is 1.71. The number of rotatable bonds is 1. The van der Waals surface area contributed by atoms with Gasteiger partial charge < -0.3 is 0 Å². The van der Waals surface area contributed by atoms with E-state index in [9.17, 15) is 9.59 Å². The summed E-state index contributed by atoms with van der Waals surface area (Å²) in [6, 6.07) is 0. The first-order valence-electron chi connectivity index (χ1n) is 5.73. The number of fused-ring (bicyclic) bond motifs is 5. The van der Waals surface area contributed by atoms with Gasteiger partial charge >= 0.3 is 0 Å². The van der Waals surface area contributed by atoms with Crippen LogP contribution in [0.4, 0.5) is 5.13 Å². The van der Waals surface area contributed by atoms with E-state index < -0.39 is 0 Å². The van der Waals surface area contributed by atoms with Crippen molar-refractivity contribution in [3.8, 4) is 0 Å². The molecule has 4 nitrogen and oxygen atoms in total. The highest BCUT2D eigenvalue weighted by Gasteiger charge is 2.60. The van der Waals surface area contributed by atoms with Gasteiger partial charge in [-0.2, -0.15) is 0 Å². The Hall–Kier alpha value is -1.49. The summed E-state index contributed by atoms with van der Waals surface area (Å²) in [5, 5.41) is 2.31. The van der Waals surface area contributed by atoms with Crippen molar-refractivity contribution >= 4 is 28.3 Å². The first-order valence-corrected chi connectivity index (χ1v) is 6.61. The van der Waals surface area contributed by atoms with Gasteiger partial charge in [0, 0.05) is 11.6 Å². The van der Waals surface area contributed by atoms with E-state index in [0.29, 0.717) is 5.13 Å². The van der Waals surface area contributed by atoms with Crippen molar-refractivity contribution in [2.75, 3.05) is 4.90 Å². The lowest BCUT2D eigenvalue weighted by atomic mass is 9.85. The average molecular weight is 246 g/mol. The number of imide groups is 1. The number of nitrogens with zero attached hydrogens (tertiary/aromatic N) is 2. The number of hydrogen-bond acceptors (Lipinski definition) is 4. The normalized spacial score (nSPS) is 38.2. The van der Waals surface area contributed by atoms with E-state index >= 15 is 0 Å². The standard InChI is InChI=1S/C12H10N2O2S/c15-10-8-6-1-2-7(5-6)9(8)11(16)14(10)12-13-3-4-17-12/h1-4,6-9H,5H2/t6-,7-,8-,9-/m0/s1. The third-order valence-electron chi connectivity index (χ3n) is 4.08. The Morgan fingerprint density at radius 1 is 1.18 bits per heavy atom. The van der Waals surface area contributed by atoms with Crippen molar-refractivity contribution < 1.29 is 9.59 Å². The van der Waals surface area contributed by atoms with Crippen LogP contribution in [-0.4, -0.2) is 16.8 Å². The molecule has 3 aliphatic rings. The largest absolute Gasteiger partial charge is 0.274 e. The van der Waals surface area contributed by atoms with Crippen molar-refractivity contribution in [1.29, 1.82) is 0 Å². The zero-order chi connectivity index (χ0) is 11.6. The molecular formula is C12H10N2O2S. The Bertz CT molecular complexity index is 507. The molecule has 2 aliphatic carbocycles. The second-order valence-electron chi connectivity index (χ2n) is 4.83. The van der Waals surface area contributed by atoms with Crippen molar-refractivity contribution in [2.45, 2.75) is 6.42 Å². The van der Waals surface area contributed by atoms with Crippen LogP contribution >= 0.6 is 11.3 Å². The van der Waals surface area contributed by atoms with Crippen LogP contribution in [0.3, 0.4) is 0 Å². The summed E-state index contributed by atoms with van der Waals surface area (Å²) in [6.45, 7) is 0. The molecule has 2 amide bonds. The summed E-state index contributed by atoms with van der Waals surface area (Å²) in [5.41, 5.74) is 0. The molecule has 0 N–H and O–H groups in total. The van der Waals surface area contributed by atoms with E-state index in [1.165, 1.54) is 16.2 Å². The quantitative estimate of drug-likeness (QED) is 0.556. The number of hydrogen-bond donors (Lipinski definition) is 0. The minimum Gasteiger partial charge on any atom is -0.274 e. The smallest absolute Gasteiger partial charge is 0.240 e. The predicted molar refractivity (Wildman–Crippen MR) is 62.3 cm³/mol. The van der Waals surface area contributed by atoms with E-state index in [1.54, 1.807) is 11.6 Å². The molecule has 2 fully saturated rings. The third kappa shape index (κ3) is 1.05. The third-order valence-corrected chi connectivity index (χ3v) is 4.84. The fraction of sp³-hybridized carbons (Fsp3) is 0.417. The Morgan fingerprint density at radius 2 is 1.82 bits per heavy atom. The number of allylic oxidation sites excluding steroid dienone is 2. The number of carbonyl (C=O) groups excluding carboxylic acids is 2. The van der Waals surface area contributed by atoms with Gasteiger partial charge in [-0.3, -0.25) is 9.59 Å². The monoisotopic (exact) mass is 246 g/mol. The fourth-order valence-electron chi connectivity index (χ4n) is 3.42. The molecule has 2 heterocycles. The lowest BCUT2D eigenvalue weighted by Crippen LogP contribution is -2.32. The van der Waals surface area contributed by atoms with Crippen LogP contribution in [-0.2, 0) is 9.59 Å². The van der Waals surface area contributed by atoms with Gasteiger partial charge in [-0.1, -0.05) is 12.2 Å². The molecule has 86 valence electrons. The van der Waals surface area contributed by atoms with Crippen molar-refractivity contribution in [2.24, 2.45) is 23.7 Å². The van der Waals surface area contributed by atoms with Gasteiger partial charge in [0.1, 0.15) is 0 Å². The van der Waals surface area contributed by atoms with Crippen molar-refractivity contribution in [3.05, 3.63) is 23.7 Å². The molecule has 0 aromatic carbocycles. The summed E-state index contributed by atoms with van der Waals surface area (Å²) in [4.78, 5) is 30.0. The first kappa shape index (κ1) is 9.53. The van der Waals surface area contributed by atoms with Crippen LogP contribution in [0, 0.1) is 23.7 Å². The molecule has 0 radical (unpaired) electrons. The van der Waals surface area contributed by atoms with Crippen molar-refractivity contribution in [3.63, 3.8) is 0 Å². The van der Waals surface area contributed by atoms with Crippen LogP contribution in [0.5, 0.6) is 0 Å². The Morgan fingerprint density at radius 3 is 2.35 bits per heavy atom. The second kappa shape index (κ2) is 3.04. The Labute approximate surface area is 102 Å². The molecule has 0 unspecified atom stereocenters. The number of thiazole rings is 1. The molecular weight excluding hydrogens is 236 g/mol. The molecule has 1 saturated heterocycles.